The van der Waals surface area contributed by atoms with Crippen LogP contribution in [0.3, 0.4) is 0 Å². The van der Waals surface area contributed by atoms with E-state index in [1.54, 1.807) is 6.26 Å². The van der Waals surface area contributed by atoms with Crippen molar-refractivity contribution >= 4 is 0 Å². The van der Waals surface area contributed by atoms with Crippen LogP contribution in [0.5, 0.6) is 0 Å². The Labute approximate surface area is 90.6 Å². The lowest BCUT2D eigenvalue weighted by atomic mass is 10.1. The first-order valence-electron chi connectivity index (χ1n) is 5.72. The quantitative estimate of drug-likeness (QED) is 0.829. The highest BCUT2D eigenvalue weighted by molar-refractivity contribution is 5.04. The Hall–Kier alpha value is -0.800. The fourth-order valence-corrected chi connectivity index (χ4v) is 2.14. The van der Waals surface area contributed by atoms with Gasteiger partial charge in [0.2, 0.25) is 0 Å². The average Bonchev–Trinajstić information content (AvgIpc) is 2.87. The van der Waals surface area contributed by atoms with Gasteiger partial charge in [-0.05, 0) is 31.9 Å². The molecule has 1 saturated carbocycles. The van der Waals surface area contributed by atoms with Gasteiger partial charge in [0.25, 0.3) is 0 Å². The maximum absolute atomic E-state index is 6.00. The highest BCUT2D eigenvalue weighted by Gasteiger charge is 2.25. The first kappa shape index (κ1) is 10.7. The van der Waals surface area contributed by atoms with Crippen molar-refractivity contribution < 1.29 is 9.15 Å². The zero-order chi connectivity index (χ0) is 10.7. The van der Waals surface area contributed by atoms with Gasteiger partial charge in [-0.3, -0.25) is 0 Å². The van der Waals surface area contributed by atoms with Gasteiger partial charge < -0.3 is 14.9 Å². The van der Waals surface area contributed by atoms with Gasteiger partial charge in [0.1, 0.15) is 11.9 Å². The first-order valence-corrected chi connectivity index (χ1v) is 5.72. The summed E-state index contributed by atoms with van der Waals surface area (Å²) in [6.45, 7) is 1.96. The summed E-state index contributed by atoms with van der Waals surface area (Å²) in [6.07, 6.45) is 6.80. The molecule has 1 aromatic rings. The van der Waals surface area contributed by atoms with E-state index in [1.165, 1.54) is 12.8 Å². The molecule has 2 rings (SSSR count). The van der Waals surface area contributed by atoms with Crippen LogP contribution in [0.25, 0.3) is 0 Å². The van der Waals surface area contributed by atoms with Gasteiger partial charge in [-0.1, -0.05) is 12.8 Å². The minimum atomic E-state index is -0.0944. The largest absolute Gasteiger partial charge is 0.467 e. The monoisotopic (exact) mass is 209 g/mol. The van der Waals surface area contributed by atoms with Gasteiger partial charge in [0.15, 0.2) is 0 Å². The van der Waals surface area contributed by atoms with E-state index in [1.807, 2.05) is 19.1 Å². The molecule has 0 bridgehead atoms. The number of rotatable bonds is 4. The van der Waals surface area contributed by atoms with Crippen LogP contribution < -0.4 is 5.73 Å². The van der Waals surface area contributed by atoms with Gasteiger partial charge in [0, 0.05) is 6.04 Å². The predicted molar refractivity (Wildman–Crippen MR) is 58.4 cm³/mol. The molecule has 2 atom stereocenters. The number of ether oxygens (including phenoxy) is 1. The molecule has 0 spiro atoms. The molecule has 1 aromatic heterocycles. The molecule has 0 radical (unpaired) electrons. The Morgan fingerprint density at radius 2 is 2.20 bits per heavy atom. The van der Waals surface area contributed by atoms with E-state index in [0.29, 0.717) is 6.10 Å². The molecular formula is C12H19NO2. The number of furan rings is 1. The summed E-state index contributed by atoms with van der Waals surface area (Å²) in [6, 6.07) is 3.78. The normalized spacial score (nSPS) is 21.7. The molecule has 3 nitrogen and oxygen atoms in total. The number of hydrogen-bond acceptors (Lipinski definition) is 3. The molecule has 1 aliphatic rings. The molecule has 0 aliphatic heterocycles. The lowest BCUT2D eigenvalue weighted by Gasteiger charge is -2.23. The summed E-state index contributed by atoms with van der Waals surface area (Å²) >= 11 is 0. The van der Waals surface area contributed by atoms with Crippen molar-refractivity contribution in [1.29, 1.82) is 0 Å². The fourth-order valence-electron chi connectivity index (χ4n) is 2.14. The zero-order valence-electron chi connectivity index (χ0n) is 9.19. The SMILES string of the molecule is CC(N)C(OC1CCCC1)c1ccco1. The zero-order valence-corrected chi connectivity index (χ0v) is 9.19. The summed E-state index contributed by atoms with van der Waals surface area (Å²) in [5.74, 6) is 0.844. The van der Waals surface area contributed by atoms with Crippen LogP contribution in [0.1, 0.15) is 44.5 Å². The van der Waals surface area contributed by atoms with Gasteiger partial charge in [-0.15, -0.1) is 0 Å². The molecule has 84 valence electrons. The third-order valence-corrected chi connectivity index (χ3v) is 2.94. The lowest BCUT2D eigenvalue weighted by Crippen LogP contribution is -2.29. The van der Waals surface area contributed by atoms with Gasteiger partial charge >= 0.3 is 0 Å². The second-order valence-corrected chi connectivity index (χ2v) is 4.34. The Bertz CT molecular complexity index is 276. The second-order valence-electron chi connectivity index (χ2n) is 4.34. The Morgan fingerprint density at radius 3 is 2.73 bits per heavy atom. The molecule has 1 aliphatic carbocycles. The molecule has 0 amide bonds. The fraction of sp³-hybridized carbons (Fsp3) is 0.667. The van der Waals surface area contributed by atoms with Crippen LogP contribution in [0.15, 0.2) is 22.8 Å². The Morgan fingerprint density at radius 1 is 1.47 bits per heavy atom. The molecule has 0 aromatic carbocycles. The maximum Gasteiger partial charge on any atom is 0.134 e. The van der Waals surface area contributed by atoms with Crippen molar-refractivity contribution in [3.8, 4) is 0 Å². The molecule has 2 unspecified atom stereocenters. The molecular weight excluding hydrogens is 190 g/mol. The number of nitrogens with two attached hydrogens (primary N) is 1. The van der Waals surface area contributed by atoms with Crippen molar-refractivity contribution in [2.75, 3.05) is 0 Å². The topological polar surface area (TPSA) is 48.4 Å². The average molecular weight is 209 g/mol. The molecule has 1 fully saturated rings. The van der Waals surface area contributed by atoms with Crippen LogP contribution in [-0.2, 0) is 4.74 Å². The lowest BCUT2D eigenvalue weighted by molar-refractivity contribution is -0.0309. The highest BCUT2D eigenvalue weighted by atomic mass is 16.5. The van der Waals surface area contributed by atoms with Crippen LogP contribution in [-0.4, -0.2) is 12.1 Å². The van der Waals surface area contributed by atoms with E-state index in [2.05, 4.69) is 0 Å². The van der Waals surface area contributed by atoms with E-state index in [-0.39, 0.29) is 12.1 Å². The van der Waals surface area contributed by atoms with Crippen LogP contribution in [0, 0.1) is 0 Å². The van der Waals surface area contributed by atoms with E-state index in [4.69, 9.17) is 14.9 Å². The standard InChI is InChI=1S/C12H19NO2/c1-9(13)12(11-7-4-8-14-11)15-10-5-2-3-6-10/h4,7-10,12H,2-3,5-6,13H2,1H3. The Kier molecular flexibility index (Phi) is 3.44. The summed E-state index contributed by atoms with van der Waals surface area (Å²) < 4.78 is 11.4. The Balaban J connectivity index is 2.00. The third-order valence-electron chi connectivity index (χ3n) is 2.94. The molecule has 0 saturated heterocycles. The van der Waals surface area contributed by atoms with Crippen molar-refractivity contribution in [2.24, 2.45) is 5.73 Å². The van der Waals surface area contributed by atoms with Crippen molar-refractivity contribution in [3.05, 3.63) is 24.2 Å². The van der Waals surface area contributed by atoms with Gasteiger partial charge in [-0.2, -0.15) is 0 Å². The van der Waals surface area contributed by atoms with E-state index in [0.717, 1.165) is 18.6 Å². The van der Waals surface area contributed by atoms with Crippen LogP contribution in [0.2, 0.25) is 0 Å². The minimum Gasteiger partial charge on any atom is -0.467 e. The van der Waals surface area contributed by atoms with E-state index >= 15 is 0 Å². The summed E-state index contributed by atoms with van der Waals surface area (Å²) in [4.78, 5) is 0. The predicted octanol–water partition coefficient (Wildman–Crippen LogP) is 2.63. The summed E-state index contributed by atoms with van der Waals surface area (Å²) in [5.41, 5.74) is 5.92. The maximum atomic E-state index is 6.00. The molecule has 15 heavy (non-hydrogen) atoms. The van der Waals surface area contributed by atoms with Gasteiger partial charge in [-0.25, -0.2) is 0 Å². The molecule has 3 heteroatoms. The smallest absolute Gasteiger partial charge is 0.134 e. The van der Waals surface area contributed by atoms with E-state index < -0.39 is 0 Å². The minimum absolute atomic E-state index is 0.0308. The second kappa shape index (κ2) is 4.81. The first-order chi connectivity index (χ1) is 7.27. The van der Waals surface area contributed by atoms with Crippen LogP contribution in [0.4, 0.5) is 0 Å². The highest BCUT2D eigenvalue weighted by Crippen LogP contribution is 2.29. The van der Waals surface area contributed by atoms with Gasteiger partial charge in [0.05, 0.1) is 12.4 Å². The summed E-state index contributed by atoms with van der Waals surface area (Å²) in [7, 11) is 0. The molecule has 2 N–H and O–H groups in total. The third kappa shape index (κ3) is 2.61. The van der Waals surface area contributed by atoms with Crippen molar-refractivity contribution in [2.45, 2.75) is 50.9 Å². The van der Waals surface area contributed by atoms with Crippen molar-refractivity contribution in [3.63, 3.8) is 0 Å². The van der Waals surface area contributed by atoms with Crippen molar-refractivity contribution in [1.82, 2.24) is 0 Å². The summed E-state index contributed by atoms with van der Waals surface area (Å²) in [5, 5.41) is 0. The van der Waals surface area contributed by atoms with E-state index in [9.17, 15) is 0 Å². The van der Waals surface area contributed by atoms with Crippen LogP contribution >= 0.6 is 0 Å². The molecule has 1 heterocycles. The number of hydrogen-bond donors (Lipinski definition) is 1.